The summed E-state index contributed by atoms with van der Waals surface area (Å²) in [5.41, 5.74) is -1.10. The Bertz CT molecular complexity index is 1980. The minimum Gasteiger partial charge on any atom is -0.480 e. The Balaban J connectivity index is 1.44. The molecule has 17 nitrogen and oxygen atoms in total. The zero-order valence-electron chi connectivity index (χ0n) is 42.9. The van der Waals surface area contributed by atoms with Crippen molar-refractivity contribution in [2.75, 3.05) is 34.4 Å². The zero-order valence-corrected chi connectivity index (χ0v) is 42.9. The van der Waals surface area contributed by atoms with Gasteiger partial charge in [0, 0.05) is 58.8 Å². The molecule has 0 radical (unpaired) electrons. The maximum atomic E-state index is 14.6. The number of likely N-dealkylation sites (tertiary alicyclic amines) is 1. The number of benzene rings is 1. The van der Waals surface area contributed by atoms with Gasteiger partial charge in [0.05, 0.1) is 36.6 Å². The van der Waals surface area contributed by atoms with E-state index in [1.807, 2.05) is 65.0 Å². The smallest absolute Gasteiger partial charge is 0.326 e. The molecule has 1 aliphatic carbocycles. The predicted molar refractivity (Wildman–Crippen MR) is 260 cm³/mol. The number of nitrogens with one attached hydrogen (secondary N) is 3. The average Bonchev–Trinajstić information content (AvgIpc) is 4.07. The van der Waals surface area contributed by atoms with Crippen molar-refractivity contribution in [2.24, 2.45) is 23.2 Å². The van der Waals surface area contributed by atoms with Crippen LogP contribution in [-0.2, 0) is 47.8 Å². The lowest BCUT2D eigenvalue weighted by Crippen LogP contribution is -2.62. The summed E-state index contributed by atoms with van der Waals surface area (Å²) in [5.74, 6) is -5.49. The Hall–Kier alpha value is -5.16. The Kier molecular flexibility index (Phi) is 20.5. The normalized spacial score (nSPS) is 19.7. The lowest BCUT2D eigenvalue weighted by atomic mass is 9.72. The Morgan fingerprint density at radius 2 is 1.45 bits per heavy atom. The number of hydrogen-bond donors (Lipinski definition) is 4. The molecule has 1 aromatic rings. The predicted octanol–water partition coefficient (Wildman–Crippen LogP) is 4.97. The van der Waals surface area contributed by atoms with E-state index in [0.29, 0.717) is 38.6 Å². The second kappa shape index (κ2) is 25.1. The third-order valence-corrected chi connectivity index (χ3v) is 14.3. The van der Waals surface area contributed by atoms with Gasteiger partial charge in [-0.1, -0.05) is 91.1 Å². The number of methoxy groups -OCH3 is 2. The summed E-state index contributed by atoms with van der Waals surface area (Å²) in [6, 6.07) is 6.08. The van der Waals surface area contributed by atoms with E-state index in [-0.39, 0.29) is 60.8 Å². The molecule has 2 fully saturated rings. The van der Waals surface area contributed by atoms with Crippen molar-refractivity contribution < 1.29 is 52.9 Å². The van der Waals surface area contributed by atoms with E-state index >= 15 is 0 Å². The highest BCUT2D eigenvalue weighted by Gasteiger charge is 2.46. The molecule has 384 valence electrons. The number of unbranched alkanes of at least 4 members (excludes halogenated alkanes) is 2. The van der Waals surface area contributed by atoms with E-state index in [4.69, 9.17) is 9.47 Å². The summed E-state index contributed by atoms with van der Waals surface area (Å²) >= 11 is 0. The maximum absolute atomic E-state index is 14.6. The quantitative estimate of drug-likeness (QED) is 0.0757. The summed E-state index contributed by atoms with van der Waals surface area (Å²) in [6.45, 7) is 15.0. The van der Waals surface area contributed by atoms with Crippen LogP contribution < -0.4 is 16.0 Å². The van der Waals surface area contributed by atoms with Gasteiger partial charge in [-0.2, -0.15) is 0 Å². The van der Waals surface area contributed by atoms with Gasteiger partial charge in [0.25, 0.3) is 11.8 Å². The van der Waals surface area contributed by atoms with Crippen LogP contribution in [0.25, 0.3) is 0 Å². The highest BCUT2D eigenvalue weighted by atomic mass is 16.5. The van der Waals surface area contributed by atoms with Gasteiger partial charge in [-0.3, -0.25) is 38.5 Å². The monoisotopic (exact) mass is 965 g/mol. The minimum absolute atomic E-state index is 0.0174. The number of carboxylic acid groups (broad SMARTS) is 1. The lowest BCUT2D eigenvalue weighted by Gasteiger charge is -2.41. The molecule has 2 heterocycles. The number of hydrogen-bond acceptors (Lipinski definition) is 10. The summed E-state index contributed by atoms with van der Waals surface area (Å²) in [7, 11) is 4.71. The molecule has 4 N–H and O–H groups in total. The minimum atomic E-state index is -1.37. The van der Waals surface area contributed by atoms with Crippen LogP contribution in [0, 0.1) is 23.2 Å². The molecule has 7 amide bonds. The SMILES string of the molecule is CO[C@H]([C@@H](C)C(=O)NC(C(=O)O)C(c1ccccc1)C(C)(C)C)[C@@H]1CCCN1C(=O)C[C@@H](OC)[C@H](C1CCCC1)N(C)C(=O)[C@@H](NC(=O)C(C)(C)NC(=O)CCCCCN1C(=O)C=CC1=O)C(C)C. The van der Waals surface area contributed by atoms with E-state index < -0.39 is 76.9 Å². The van der Waals surface area contributed by atoms with E-state index in [9.17, 15) is 43.5 Å². The first-order chi connectivity index (χ1) is 32.4. The van der Waals surface area contributed by atoms with E-state index in [1.165, 1.54) is 26.4 Å². The highest BCUT2D eigenvalue weighted by Crippen LogP contribution is 2.39. The molecule has 1 aromatic carbocycles. The molecule has 0 spiro atoms. The molecule has 2 aliphatic heterocycles. The van der Waals surface area contributed by atoms with Gasteiger partial charge in [-0.05, 0) is 75.2 Å². The van der Waals surface area contributed by atoms with Crippen LogP contribution in [0.2, 0.25) is 0 Å². The van der Waals surface area contributed by atoms with E-state index in [1.54, 1.807) is 37.6 Å². The molecule has 17 heteroatoms. The molecule has 69 heavy (non-hydrogen) atoms. The van der Waals surface area contributed by atoms with Crippen LogP contribution in [0.15, 0.2) is 42.5 Å². The summed E-state index contributed by atoms with van der Waals surface area (Å²) in [6.07, 6.45) is 7.49. The second-order valence-electron chi connectivity index (χ2n) is 21.2. The molecule has 0 aromatic heterocycles. The van der Waals surface area contributed by atoms with Gasteiger partial charge >= 0.3 is 5.97 Å². The number of carbonyl (C=O) groups excluding carboxylic acids is 7. The van der Waals surface area contributed by atoms with Crippen molar-refractivity contribution >= 4 is 47.3 Å². The number of rotatable bonds is 25. The van der Waals surface area contributed by atoms with Crippen molar-refractivity contribution in [3.8, 4) is 0 Å². The van der Waals surface area contributed by atoms with Crippen molar-refractivity contribution in [3.05, 3.63) is 48.0 Å². The van der Waals surface area contributed by atoms with Gasteiger partial charge in [-0.15, -0.1) is 0 Å². The fourth-order valence-electron chi connectivity index (χ4n) is 10.6. The molecular weight excluding hydrogens is 885 g/mol. The molecule has 2 unspecified atom stereocenters. The number of nitrogens with zero attached hydrogens (tertiary/aromatic N) is 3. The van der Waals surface area contributed by atoms with Crippen LogP contribution in [0.4, 0.5) is 0 Å². The van der Waals surface area contributed by atoms with Gasteiger partial charge in [0.1, 0.15) is 17.6 Å². The van der Waals surface area contributed by atoms with Crippen LogP contribution in [0.3, 0.4) is 0 Å². The van der Waals surface area contributed by atoms with Crippen molar-refractivity contribution in [3.63, 3.8) is 0 Å². The third kappa shape index (κ3) is 14.7. The fraction of sp³-hybridized carbons (Fsp3) is 0.692. The number of ether oxygens (including phenoxy) is 2. The van der Waals surface area contributed by atoms with Crippen LogP contribution in [0.1, 0.15) is 138 Å². The van der Waals surface area contributed by atoms with Gasteiger partial charge in [-0.25, -0.2) is 4.79 Å². The third-order valence-electron chi connectivity index (χ3n) is 14.3. The topological polar surface area (TPSA) is 221 Å². The number of carbonyl (C=O) groups is 8. The molecule has 8 atom stereocenters. The van der Waals surface area contributed by atoms with E-state index in [0.717, 1.165) is 36.1 Å². The van der Waals surface area contributed by atoms with Crippen LogP contribution in [0.5, 0.6) is 0 Å². The Morgan fingerprint density at radius 3 is 2.00 bits per heavy atom. The number of imide groups is 1. The first-order valence-corrected chi connectivity index (χ1v) is 24.8. The number of carboxylic acids is 1. The Labute approximate surface area is 409 Å². The molecule has 4 rings (SSSR count). The fourth-order valence-corrected chi connectivity index (χ4v) is 10.6. The summed E-state index contributed by atoms with van der Waals surface area (Å²) in [5, 5.41) is 19.0. The largest absolute Gasteiger partial charge is 0.480 e. The molecule has 3 aliphatic rings. The first-order valence-electron chi connectivity index (χ1n) is 24.8. The van der Waals surface area contributed by atoms with Crippen LogP contribution in [-0.4, -0.2) is 143 Å². The lowest BCUT2D eigenvalue weighted by molar-refractivity contribution is -0.149. The van der Waals surface area contributed by atoms with E-state index in [2.05, 4.69) is 16.0 Å². The van der Waals surface area contributed by atoms with Crippen molar-refractivity contribution in [1.29, 1.82) is 0 Å². The van der Waals surface area contributed by atoms with Crippen molar-refractivity contribution in [1.82, 2.24) is 30.7 Å². The first kappa shape index (κ1) is 56.4. The second-order valence-corrected chi connectivity index (χ2v) is 21.2. The summed E-state index contributed by atoms with van der Waals surface area (Å²) < 4.78 is 12.1. The molecule has 1 saturated carbocycles. The number of amides is 7. The average molecular weight is 965 g/mol. The molecule has 1 saturated heterocycles. The maximum Gasteiger partial charge on any atom is 0.326 e. The number of aliphatic carboxylic acids is 1. The molecular formula is C52H80N6O11. The highest BCUT2D eigenvalue weighted by molar-refractivity contribution is 6.12. The van der Waals surface area contributed by atoms with Crippen LogP contribution >= 0.6 is 0 Å². The van der Waals surface area contributed by atoms with Gasteiger partial charge in [0.15, 0.2) is 0 Å². The standard InChI is InChI=1S/C52H80N6O11/c1-32(2)43(54-50(67)52(7,8)55-38(59)26-16-13-19-29-58-39(60)27-28-40(58)61)48(64)56(9)45(35-23-17-18-24-35)37(68-10)31-41(62)57-30-20-25-36(57)46(69-11)33(3)47(63)53-44(49(65)66)42(51(4,5)6)34-21-14-12-15-22-34/h12,14-15,21-22,27-28,32-33,35-37,42-46H,13,16-20,23-26,29-31H2,1-11H3,(H,53,63)(H,54,67)(H,55,59)(H,65,66)/t33-,36+,37-,42?,43+,44?,45+,46-/m1/s1. The zero-order chi connectivity index (χ0) is 51.4. The van der Waals surface area contributed by atoms with Crippen molar-refractivity contribution in [2.45, 2.75) is 174 Å². The van der Waals surface area contributed by atoms with Gasteiger partial charge < -0.3 is 40.3 Å². The van der Waals surface area contributed by atoms with Gasteiger partial charge in [0.2, 0.25) is 29.5 Å². The summed E-state index contributed by atoms with van der Waals surface area (Å²) in [4.78, 5) is 111. The number of likely N-dealkylation sites (N-methyl/N-ethyl adjacent to an activating group) is 1. The molecule has 0 bridgehead atoms. The Morgan fingerprint density at radius 1 is 0.826 bits per heavy atom.